The highest BCUT2D eigenvalue weighted by Gasteiger charge is 2.18. The fourth-order valence-corrected chi connectivity index (χ4v) is 3.21. The molecule has 0 bridgehead atoms. The molecule has 1 N–H and O–H groups in total. The van der Waals surface area contributed by atoms with Crippen LogP contribution in [0.5, 0.6) is 0 Å². The van der Waals surface area contributed by atoms with Crippen LogP contribution in [-0.2, 0) is 16.1 Å². The molecule has 2 rings (SSSR count). The molecule has 4 nitrogen and oxygen atoms in total. The standard InChI is InChI=1S/C16H20BrClN2O2/c17-13-7-6-12(14(18)9-13)10-19-15(21)11-20-8-4-2-1-3-5-16(20)22/h6-7,9H,1-5,8,10-11H2,(H,19,21). The van der Waals surface area contributed by atoms with Crippen molar-refractivity contribution in [3.05, 3.63) is 33.3 Å². The van der Waals surface area contributed by atoms with Gasteiger partial charge in [-0.25, -0.2) is 0 Å². The van der Waals surface area contributed by atoms with E-state index in [-0.39, 0.29) is 18.4 Å². The second kappa shape index (κ2) is 8.53. The quantitative estimate of drug-likeness (QED) is 0.859. The van der Waals surface area contributed by atoms with Crippen molar-refractivity contribution in [3.8, 4) is 0 Å². The molecule has 1 aromatic rings. The van der Waals surface area contributed by atoms with Crippen LogP contribution in [0.25, 0.3) is 0 Å². The van der Waals surface area contributed by atoms with Gasteiger partial charge in [-0.15, -0.1) is 0 Å². The van der Waals surface area contributed by atoms with Gasteiger partial charge in [-0.3, -0.25) is 9.59 Å². The predicted octanol–water partition coefficient (Wildman–Crippen LogP) is 3.51. The van der Waals surface area contributed by atoms with Gasteiger partial charge < -0.3 is 10.2 Å². The minimum atomic E-state index is -0.145. The van der Waals surface area contributed by atoms with Gasteiger partial charge in [0.15, 0.2) is 0 Å². The second-order valence-electron chi connectivity index (χ2n) is 5.49. The molecular formula is C16H20BrClN2O2. The first kappa shape index (κ1) is 17.3. The number of likely N-dealkylation sites (tertiary alicyclic amines) is 1. The molecule has 2 amide bonds. The Labute approximate surface area is 144 Å². The van der Waals surface area contributed by atoms with E-state index in [1.54, 1.807) is 11.0 Å². The van der Waals surface area contributed by atoms with Crippen LogP contribution in [-0.4, -0.2) is 29.8 Å². The first-order valence-corrected chi connectivity index (χ1v) is 8.72. The van der Waals surface area contributed by atoms with Crippen LogP contribution >= 0.6 is 27.5 Å². The average molecular weight is 388 g/mol. The molecule has 1 heterocycles. The van der Waals surface area contributed by atoms with Gasteiger partial charge in [0.2, 0.25) is 11.8 Å². The molecule has 0 saturated carbocycles. The molecular weight excluding hydrogens is 368 g/mol. The molecule has 1 aliphatic rings. The summed E-state index contributed by atoms with van der Waals surface area (Å²) >= 11 is 9.47. The van der Waals surface area contributed by atoms with Crippen molar-refractivity contribution in [3.63, 3.8) is 0 Å². The highest BCUT2D eigenvalue weighted by Crippen LogP contribution is 2.21. The average Bonchev–Trinajstić information content (AvgIpc) is 2.46. The lowest BCUT2D eigenvalue weighted by atomic mass is 10.1. The zero-order valence-corrected chi connectivity index (χ0v) is 14.8. The molecule has 0 aromatic heterocycles. The van der Waals surface area contributed by atoms with E-state index in [1.807, 2.05) is 12.1 Å². The van der Waals surface area contributed by atoms with Crippen molar-refractivity contribution < 1.29 is 9.59 Å². The van der Waals surface area contributed by atoms with E-state index < -0.39 is 0 Å². The Bertz CT molecular complexity index is 551. The van der Waals surface area contributed by atoms with E-state index in [1.165, 1.54) is 0 Å². The number of benzene rings is 1. The zero-order valence-electron chi connectivity index (χ0n) is 12.4. The number of halogens is 2. The normalized spacial score (nSPS) is 16.1. The minimum absolute atomic E-state index is 0.0801. The molecule has 1 fully saturated rings. The van der Waals surface area contributed by atoms with Gasteiger partial charge in [-0.2, -0.15) is 0 Å². The largest absolute Gasteiger partial charge is 0.350 e. The highest BCUT2D eigenvalue weighted by molar-refractivity contribution is 9.10. The summed E-state index contributed by atoms with van der Waals surface area (Å²) in [6.07, 6.45) is 4.67. The maximum atomic E-state index is 12.0. The Morgan fingerprint density at radius 3 is 2.82 bits per heavy atom. The third kappa shape index (κ3) is 5.29. The lowest BCUT2D eigenvalue weighted by Gasteiger charge is -2.24. The van der Waals surface area contributed by atoms with Crippen LogP contribution in [0.4, 0.5) is 0 Å². The smallest absolute Gasteiger partial charge is 0.239 e. The Morgan fingerprint density at radius 1 is 1.27 bits per heavy atom. The van der Waals surface area contributed by atoms with E-state index in [0.717, 1.165) is 35.7 Å². The maximum absolute atomic E-state index is 12.0. The summed E-state index contributed by atoms with van der Waals surface area (Å²) in [5.74, 6) is -0.0653. The molecule has 0 radical (unpaired) electrons. The van der Waals surface area contributed by atoms with Crippen molar-refractivity contribution in [2.75, 3.05) is 13.1 Å². The van der Waals surface area contributed by atoms with E-state index in [4.69, 9.17) is 11.6 Å². The maximum Gasteiger partial charge on any atom is 0.239 e. The number of rotatable bonds is 4. The third-order valence-corrected chi connectivity index (χ3v) is 4.59. The van der Waals surface area contributed by atoms with Crippen molar-refractivity contribution in [1.29, 1.82) is 0 Å². The SMILES string of the molecule is O=C(CN1CCCCCCC1=O)NCc1ccc(Br)cc1Cl. The highest BCUT2D eigenvalue weighted by atomic mass is 79.9. The predicted molar refractivity (Wildman–Crippen MR) is 90.7 cm³/mol. The molecule has 1 aliphatic heterocycles. The van der Waals surface area contributed by atoms with Gasteiger partial charge in [-0.05, 0) is 30.5 Å². The monoisotopic (exact) mass is 386 g/mol. The van der Waals surface area contributed by atoms with Crippen LogP contribution in [0.3, 0.4) is 0 Å². The van der Waals surface area contributed by atoms with Crippen LogP contribution < -0.4 is 5.32 Å². The second-order valence-corrected chi connectivity index (χ2v) is 6.81. The molecule has 0 atom stereocenters. The number of amides is 2. The first-order chi connectivity index (χ1) is 10.6. The fraction of sp³-hybridized carbons (Fsp3) is 0.500. The number of nitrogens with zero attached hydrogens (tertiary/aromatic N) is 1. The van der Waals surface area contributed by atoms with Crippen molar-refractivity contribution in [2.45, 2.75) is 38.6 Å². The van der Waals surface area contributed by atoms with Gasteiger partial charge in [0.25, 0.3) is 0 Å². The van der Waals surface area contributed by atoms with Crippen LogP contribution in [0.1, 0.15) is 37.7 Å². The first-order valence-electron chi connectivity index (χ1n) is 7.54. The van der Waals surface area contributed by atoms with Gasteiger partial charge in [0.1, 0.15) is 0 Å². The molecule has 1 saturated heterocycles. The van der Waals surface area contributed by atoms with E-state index in [9.17, 15) is 9.59 Å². The van der Waals surface area contributed by atoms with Crippen LogP contribution in [0, 0.1) is 0 Å². The number of nitrogens with one attached hydrogen (secondary N) is 1. The topological polar surface area (TPSA) is 49.4 Å². The minimum Gasteiger partial charge on any atom is -0.350 e. The third-order valence-electron chi connectivity index (χ3n) is 3.75. The molecule has 22 heavy (non-hydrogen) atoms. The summed E-state index contributed by atoms with van der Waals surface area (Å²) in [5, 5.41) is 3.44. The van der Waals surface area contributed by atoms with Crippen molar-refractivity contribution in [2.24, 2.45) is 0 Å². The molecule has 0 unspecified atom stereocenters. The zero-order chi connectivity index (χ0) is 15.9. The number of hydrogen-bond acceptors (Lipinski definition) is 2. The molecule has 1 aromatic carbocycles. The van der Waals surface area contributed by atoms with Gasteiger partial charge in [-0.1, -0.05) is 46.4 Å². The summed E-state index contributed by atoms with van der Waals surface area (Å²) in [4.78, 5) is 25.7. The Morgan fingerprint density at radius 2 is 2.05 bits per heavy atom. The van der Waals surface area contributed by atoms with E-state index >= 15 is 0 Å². The number of hydrogen-bond donors (Lipinski definition) is 1. The summed E-state index contributed by atoms with van der Waals surface area (Å²) in [5.41, 5.74) is 0.859. The summed E-state index contributed by atoms with van der Waals surface area (Å²) in [6, 6.07) is 5.55. The van der Waals surface area contributed by atoms with Crippen LogP contribution in [0.2, 0.25) is 5.02 Å². The summed E-state index contributed by atoms with van der Waals surface area (Å²) < 4.78 is 0.902. The molecule has 120 valence electrons. The van der Waals surface area contributed by atoms with Crippen LogP contribution in [0.15, 0.2) is 22.7 Å². The number of carbonyl (C=O) groups is 2. The lowest BCUT2D eigenvalue weighted by molar-refractivity contribution is -0.136. The fourth-order valence-electron chi connectivity index (χ4n) is 2.47. The van der Waals surface area contributed by atoms with Crippen molar-refractivity contribution in [1.82, 2.24) is 10.2 Å². The van der Waals surface area contributed by atoms with E-state index in [2.05, 4.69) is 21.2 Å². The van der Waals surface area contributed by atoms with Crippen molar-refractivity contribution >= 4 is 39.3 Å². The van der Waals surface area contributed by atoms with Gasteiger partial charge in [0, 0.05) is 29.0 Å². The molecule has 0 spiro atoms. The number of carbonyl (C=O) groups excluding carboxylic acids is 2. The van der Waals surface area contributed by atoms with Gasteiger partial charge in [0.05, 0.1) is 6.54 Å². The van der Waals surface area contributed by atoms with Gasteiger partial charge >= 0.3 is 0 Å². The molecule has 6 heteroatoms. The summed E-state index contributed by atoms with van der Waals surface area (Å²) in [7, 11) is 0. The molecule has 0 aliphatic carbocycles. The Hall–Kier alpha value is -1.07. The Balaban J connectivity index is 1.85. The Kier molecular flexibility index (Phi) is 6.70. The van der Waals surface area contributed by atoms with E-state index in [0.29, 0.717) is 24.5 Å². The summed E-state index contributed by atoms with van der Waals surface area (Å²) in [6.45, 7) is 1.17. The lowest BCUT2D eigenvalue weighted by Crippen LogP contribution is -2.41.